The molecule has 8 heteroatoms. The van der Waals surface area contributed by atoms with Gasteiger partial charge in [0, 0.05) is 6.07 Å². The number of hydrogen-bond acceptors (Lipinski definition) is 2. The molecule has 0 aliphatic carbocycles. The van der Waals surface area contributed by atoms with Crippen LogP contribution >= 0.6 is 0 Å². The van der Waals surface area contributed by atoms with Crippen molar-refractivity contribution in [2.75, 3.05) is 0 Å². The fourth-order valence-corrected chi connectivity index (χ4v) is 0.868. The third kappa shape index (κ3) is 4.76. The Morgan fingerprint density at radius 3 is 1.44 bits per heavy atom. The zero-order valence-electron chi connectivity index (χ0n) is 7.39. The summed E-state index contributed by atoms with van der Waals surface area (Å²) < 4.78 is 77.2. The summed E-state index contributed by atoms with van der Waals surface area (Å²) in [5.74, 6) is -1.57. The Hall–Kier alpha value is -1.60. The SMILES string of the molecule is FC(F)(F)Oc1cccc(OC(F)(F)F)c1. The maximum Gasteiger partial charge on any atom is 0.573 e. The molecule has 90 valence electrons. The Balaban J connectivity index is 2.79. The van der Waals surface area contributed by atoms with Gasteiger partial charge in [0.05, 0.1) is 0 Å². The predicted octanol–water partition coefficient (Wildman–Crippen LogP) is 3.48. The highest BCUT2D eigenvalue weighted by atomic mass is 19.4. The van der Waals surface area contributed by atoms with E-state index in [2.05, 4.69) is 9.47 Å². The Morgan fingerprint density at radius 1 is 0.750 bits per heavy atom. The van der Waals surface area contributed by atoms with Crippen LogP contribution in [0.5, 0.6) is 11.5 Å². The lowest BCUT2D eigenvalue weighted by atomic mass is 10.3. The van der Waals surface area contributed by atoms with E-state index in [9.17, 15) is 26.3 Å². The number of halogens is 6. The van der Waals surface area contributed by atoms with Gasteiger partial charge in [-0.15, -0.1) is 26.3 Å². The van der Waals surface area contributed by atoms with Crippen molar-refractivity contribution in [1.82, 2.24) is 0 Å². The molecule has 0 heterocycles. The monoisotopic (exact) mass is 246 g/mol. The Bertz CT molecular complexity index is 325. The molecule has 0 atom stereocenters. The molecule has 0 radical (unpaired) electrons. The molecule has 0 spiro atoms. The van der Waals surface area contributed by atoms with Crippen molar-refractivity contribution < 1.29 is 35.8 Å². The molecule has 2 nitrogen and oxygen atoms in total. The summed E-state index contributed by atoms with van der Waals surface area (Å²) in [5.41, 5.74) is 0. The lowest BCUT2D eigenvalue weighted by Crippen LogP contribution is -2.18. The molecule has 0 amide bonds. The van der Waals surface area contributed by atoms with Gasteiger partial charge in [-0.1, -0.05) is 6.07 Å². The zero-order chi connectivity index (χ0) is 12.4. The van der Waals surface area contributed by atoms with Crippen molar-refractivity contribution in [1.29, 1.82) is 0 Å². The number of ether oxygens (including phenoxy) is 2. The number of rotatable bonds is 2. The molecule has 0 aliphatic rings. The van der Waals surface area contributed by atoms with Crippen LogP contribution in [0.1, 0.15) is 0 Å². The van der Waals surface area contributed by atoms with E-state index in [1.54, 1.807) is 0 Å². The molecule has 0 saturated heterocycles. The largest absolute Gasteiger partial charge is 0.573 e. The second kappa shape index (κ2) is 4.11. The van der Waals surface area contributed by atoms with E-state index in [1.165, 1.54) is 0 Å². The van der Waals surface area contributed by atoms with Gasteiger partial charge in [0.25, 0.3) is 0 Å². The molecule has 16 heavy (non-hydrogen) atoms. The summed E-state index contributed by atoms with van der Waals surface area (Å²) in [6.07, 6.45) is -9.92. The maximum absolute atomic E-state index is 11.7. The second-order valence-electron chi connectivity index (χ2n) is 2.57. The van der Waals surface area contributed by atoms with Gasteiger partial charge in [0.15, 0.2) is 0 Å². The van der Waals surface area contributed by atoms with E-state index >= 15 is 0 Å². The van der Waals surface area contributed by atoms with Crippen LogP contribution in [0.3, 0.4) is 0 Å². The summed E-state index contributed by atoms with van der Waals surface area (Å²) in [6, 6.07) is 3.15. The minimum atomic E-state index is -4.96. The third-order valence-corrected chi connectivity index (χ3v) is 1.27. The highest BCUT2D eigenvalue weighted by molar-refractivity contribution is 5.33. The predicted molar refractivity (Wildman–Crippen MR) is 39.8 cm³/mol. The van der Waals surface area contributed by atoms with E-state index in [1.807, 2.05) is 0 Å². The van der Waals surface area contributed by atoms with Crippen molar-refractivity contribution in [3.63, 3.8) is 0 Å². The summed E-state index contributed by atoms with van der Waals surface area (Å²) in [5, 5.41) is 0. The summed E-state index contributed by atoms with van der Waals surface area (Å²) >= 11 is 0. The van der Waals surface area contributed by atoms with Gasteiger partial charge in [-0.25, -0.2) is 0 Å². The van der Waals surface area contributed by atoms with Crippen molar-refractivity contribution in [2.45, 2.75) is 12.7 Å². The van der Waals surface area contributed by atoms with Crippen LogP contribution in [0.4, 0.5) is 26.3 Å². The van der Waals surface area contributed by atoms with Crippen LogP contribution in [0.2, 0.25) is 0 Å². The zero-order valence-corrected chi connectivity index (χ0v) is 7.39. The molecular formula is C8H4F6O2. The van der Waals surface area contributed by atoms with Gasteiger partial charge in [-0.3, -0.25) is 0 Å². The molecule has 1 rings (SSSR count). The third-order valence-electron chi connectivity index (χ3n) is 1.27. The minimum Gasteiger partial charge on any atom is -0.406 e. The van der Waals surface area contributed by atoms with Crippen molar-refractivity contribution in [3.8, 4) is 11.5 Å². The highest BCUT2D eigenvalue weighted by Crippen LogP contribution is 2.29. The molecule has 1 aromatic rings. The first kappa shape index (κ1) is 12.5. The van der Waals surface area contributed by atoms with Crippen molar-refractivity contribution in [3.05, 3.63) is 24.3 Å². The van der Waals surface area contributed by atoms with E-state index in [0.717, 1.165) is 18.2 Å². The molecule has 0 aromatic heterocycles. The van der Waals surface area contributed by atoms with Crippen LogP contribution < -0.4 is 9.47 Å². The van der Waals surface area contributed by atoms with Crippen LogP contribution in [0.25, 0.3) is 0 Å². The smallest absolute Gasteiger partial charge is 0.406 e. The quantitative estimate of drug-likeness (QED) is 0.743. The first-order valence-corrected chi connectivity index (χ1v) is 3.77. The van der Waals surface area contributed by atoms with Crippen LogP contribution in [-0.2, 0) is 0 Å². The summed E-state index contributed by atoms with van der Waals surface area (Å²) in [6.45, 7) is 0. The number of alkyl halides is 6. The summed E-state index contributed by atoms with van der Waals surface area (Å²) in [4.78, 5) is 0. The maximum atomic E-state index is 11.7. The Morgan fingerprint density at radius 2 is 1.12 bits per heavy atom. The molecule has 0 bridgehead atoms. The summed E-state index contributed by atoms with van der Waals surface area (Å²) in [7, 11) is 0. The average molecular weight is 246 g/mol. The lowest BCUT2D eigenvalue weighted by molar-refractivity contribution is -0.276. The van der Waals surface area contributed by atoms with Crippen LogP contribution in [-0.4, -0.2) is 12.7 Å². The average Bonchev–Trinajstić information content (AvgIpc) is 1.96. The van der Waals surface area contributed by atoms with Gasteiger partial charge >= 0.3 is 12.7 Å². The fourth-order valence-electron chi connectivity index (χ4n) is 0.868. The van der Waals surface area contributed by atoms with Crippen molar-refractivity contribution in [2.24, 2.45) is 0 Å². The lowest BCUT2D eigenvalue weighted by Gasteiger charge is -2.11. The standard InChI is InChI=1S/C8H4F6O2/c9-7(10,11)15-5-2-1-3-6(4-5)16-8(12,13)14/h1-4H. The van der Waals surface area contributed by atoms with E-state index < -0.39 is 24.2 Å². The Labute approximate surface area is 85.4 Å². The van der Waals surface area contributed by atoms with E-state index in [0.29, 0.717) is 6.07 Å². The van der Waals surface area contributed by atoms with Gasteiger partial charge < -0.3 is 9.47 Å². The highest BCUT2D eigenvalue weighted by Gasteiger charge is 2.33. The number of benzene rings is 1. The van der Waals surface area contributed by atoms with Gasteiger partial charge in [-0.05, 0) is 12.1 Å². The second-order valence-corrected chi connectivity index (χ2v) is 2.57. The molecular weight excluding hydrogens is 242 g/mol. The van der Waals surface area contributed by atoms with Gasteiger partial charge in [0.1, 0.15) is 11.5 Å². The molecule has 1 aromatic carbocycles. The minimum absolute atomic E-state index is 0.487. The van der Waals surface area contributed by atoms with Gasteiger partial charge in [0.2, 0.25) is 0 Å². The Kier molecular flexibility index (Phi) is 3.20. The normalized spacial score (nSPS) is 12.4. The van der Waals surface area contributed by atoms with Crippen molar-refractivity contribution >= 4 is 0 Å². The number of hydrogen-bond donors (Lipinski definition) is 0. The molecule has 0 saturated carbocycles. The van der Waals surface area contributed by atoms with E-state index in [4.69, 9.17) is 0 Å². The molecule has 0 fully saturated rings. The first-order valence-electron chi connectivity index (χ1n) is 3.77. The first-order chi connectivity index (χ1) is 7.16. The fraction of sp³-hybridized carbons (Fsp3) is 0.250. The topological polar surface area (TPSA) is 18.5 Å². The molecule has 0 N–H and O–H groups in total. The van der Waals surface area contributed by atoms with Crippen LogP contribution in [0.15, 0.2) is 24.3 Å². The van der Waals surface area contributed by atoms with E-state index in [-0.39, 0.29) is 0 Å². The van der Waals surface area contributed by atoms with Gasteiger partial charge in [-0.2, -0.15) is 0 Å². The molecule has 0 unspecified atom stereocenters. The van der Waals surface area contributed by atoms with Crippen LogP contribution in [0, 0.1) is 0 Å². The molecule has 0 aliphatic heterocycles.